The zero-order valence-corrected chi connectivity index (χ0v) is 19.0. The number of nitrogens with zero attached hydrogens (tertiary/aromatic N) is 2. The Morgan fingerprint density at radius 3 is 2.69 bits per heavy atom. The van der Waals surface area contributed by atoms with E-state index in [1.54, 1.807) is 12.1 Å². The highest BCUT2D eigenvalue weighted by Crippen LogP contribution is 2.33. The van der Waals surface area contributed by atoms with E-state index in [0.717, 1.165) is 52.7 Å². The van der Waals surface area contributed by atoms with Crippen molar-refractivity contribution in [1.29, 1.82) is 0 Å². The summed E-state index contributed by atoms with van der Waals surface area (Å²) < 4.78 is 0.891. The monoisotopic (exact) mass is 490 g/mol. The van der Waals surface area contributed by atoms with Crippen LogP contribution in [0.2, 0.25) is 10.0 Å². The summed E-state index contributed by atoms with van der Waals surface area (Å²) >= 11 is 15.7. The number of amides is 1. The first-order valence-electron chi connectivity index (χ1n) is 9.47. The Hall–Kier alpha value is -1.82. The van der Waals surface area contributed by atoms with Crippen molar-refractivity contribution in [2.75, 3.05) is 23.3 Å². The molecule has 1 aromatic heterocycles. The number of fused-ring (bicyclic) bond motifs is 1. The van der Waals surface area contributed by atoms with Crippen LogP contribution in [0.4, 0.5) is 11.5 Å². The standard InChI is InChI=1S/C22H19BrCl2N3O/c1-13-20(22(29)27-19-8-6-15(24)12-17(19)25)16-11-14(23)5-7-18(16)26-21(13)28-9-3-2-4-10-28/h5-7,11-12H,2-4,9-10H2,1H3,(H,27,29). The molecule has 1 aliphatic rings. The van der Waals surface area contributed by atoms with E-state index in [9.17, 15) is 4.79 Å². The number of hydrogen-bond acceptors (Lipinski definition) is 3. The number of halogens is 3. The lowest BCUT2D eigenvalue weighted by molar-refractivity contribution is 0.102. The van der Waals surface area contributed by atoms with Crippen LogP contribution in [0.15, 0.2) is 34.8 Å². The molecule has 29 heavy (non-hydrogen) atoms. The van der Waals surface area contributed by atoms with Crippen molar-refractivity contribution in [2.24, 2.45) is 0 Å². The van der Waals surface area contributed by atoms with Crippen molar-refractivity contribution in [2.45, 2.75) is 26.2 Å². The number of carbonyl (C=O) groups excluding carboxylic acids is 1. The molecule has 4 rings (SSSR count). The molecule has 0 atom stereocenters. The zero-order valence-electron chi connectivity index (χ0n) is 15.9. The van der Waals surface area contributed by atoms with Gasteiger partial charge in [0, 0.05) is 39.6 Å². The Morgan fingerprint density at radius 2 is 1.97 bits per heavy atom. The number of anilines is 2. The summed E-state index contributed by atoms with van der Waals surface area (Å²) in [6.07, 6.45) is 3.50. The maximum absolute atomic E-state index is 13.3. The quantitative estimate of drug-likeness (QED) is 0.445. The Balaban J connectivity index is 1.83. The SMILES string of the molecule is Cc1c(N2CCCCC2)nc2ccc(Br)cc2c1C(=O)Nc1[c]cc(Cl)cc1Cl. The van der Waals surface area contributed by atoms with E-state index in [4.69, 9.17) is 28.2 Å². The third-order valence-electron chi connectivity index (χ3n) is 5.14. The smallest absolute Gasteiger partial charge is 0.256 e. The fourth-order valence-corrected chi connectivity index (χ4v) is 4.54. The van der Waals surface area contributed by atoms with Crippen LogP contribution in [0.3, 0.4) is 0 Å². The van der Waals surface area contributed by atoms with Gasteiger partial charge in [-0.05, 0) is 56.5 Å². The second kappa shape index (κ2) is 8.50. The van der Waals surface area contributed by atoms with Crippen molar-refractivity contribution in [1.82, 2.24) is 4.98 Å². The van der Waals surface area contributed by atoms with Crippen LogP contribution in [-0.4, -0.2) is 24.0 Å². The van der Waals surface area contributed by atoms with Crippen molar-refractivity contribution in [3.63, 3.8) is 0 Å². The molecular weight excluding hydrogens is 473 g/mol. The Labute approximate surface area is 188 Å². The number of rotatable bonds is 3. The lowest BCUT2D eigenvalue weighted by atomic mass is 10.0. The van der Waals surface area contributed by atoms with E-state index in [-0.39, 0.29) is 5.91 Å². The molecule has 1 aliphatic heterocycles. The van der Waals surface area contributed by atoms with Crippen LogP contribution >= 0.6 is 39.1 Å². The summed E-state index contributed by atoms with van der Waals surface area (Å²) in [7, 11) is 0. The van der Waals surface area contributed by atoms with E-state index in [0.29, 0.717) is 21.3 Å². The predicted molar refractivity (Wildman–Crippen MR) is 123 cm³/mol. The Morgan fingerprint density at radius 1 is 1.21 bits per heavy atom. The summed E-state index contributed by atoms with van der Waals surface area (Å²) in [6.45, 7) is 3.86. The van der Waals surface area contributed by atoms with Gasteiger partial charge in [-0.3, -0.25) is 4.79 Å². The van der Waals surface area contributed by atoms with Crippen LogP contribution in [0, 0.1) is 13.0 Å². The molecular formula is C22H19BrCl2N3O. The van der Waals surface area contributed by atoms with E-state index in [1.165, 1.54) is 6.42 Å². The van der Waals surface area contributed by atoms with Gasteiger partial charge in [-0.2, -0.15) is 0 Å². The van der Waals surface area contributed by atoms with Gasteiger partial charge in [-0.15, -0.1) is 0 Å². The number of pyridine rings is 1. The highest BCUT2D eigenvalue weighted by molar-refractivity contribution is 9.10. The first-order valence-corrected chi connectivity index (χ1v) is 11.0. The normalized spacial score (nSPS) is 14.3. The zero-order chi connectivity index (χ0) is 20.5. The van der Waals surface area contributed by atoms with Gasteiger partial charge in [-0.1, -0.05) is 39.1 Å². The summed E-state index contributed by atoms with van der Waals surface area (Å²) in [5.41, 5.74) is 2.65. The molecule has 2 aromatic carbocycles. The van der Waals surface area contributed by atoms with Gasteiger partial charge in [0.05, 0.1) is 21.8 Å². The van der Waals surface area contributed by atoms with Crippen molar-refractivity contribution >= 4 is 67.4 Å². The number of nitrogens with one attached hydrogen (secondary N) is 1. The molecule has 1 radical (unpaired) electrons. The summed E-state index contributed by atoms with van der Waals surface area (Å²) in [5, 5.41) is 4.50. The molecule has 7 heteroatoms. The average Bonchev–Trinajstić information content (AvgIpc) is 2.70. The molecule has 1 fully saturated rings. The van der Waals surface area contributed by atoms with E-state index in [2.05, 4.69) is 32.2 Å². The van der Waals surface area contributed by atoms with Gasteiger partial charge < -0.3 is 10.2 Å². The van der Waals surface area contributed by atoms with Crippen molar-refractivity contribution in [3.05, 3.63) is 62.0 Å². The minimum atomic E-state index is -0.244. The molecule has 1 N–H and O–H groups in total. The molecule has 4 nitrogen and oxygen atoms in total. The number of aromatic nitrogens is 1. The third-order valence-corrected chi connectivity index (χ3v) is 6.15. The summed E-state index contributed by atoms with van der Waals surface area (Å²) in [4.78, 5) is 20.5. The molecule has 1 saturated heterocycles. The van der Waals surface area contributed by atoms with E-state index >= 15 is 0 Å². The van der Waals surface area contributed by atoms with Crippen LogP contribution in [0.1, 0.15) is 35.2 Å². The molecule has 1 amide bonds. The molecule has 3 aromatic rings. The van der Waals surface area contributed by atoms with Gasteiger partial charge >= 0.3 is 0 Å². The molecule has 0 aliphatic carbocycles. The molecule has 0 saturated carbocycles. The van der Waals surface area contributed by atoms with Crippen LogP contribution in [0.25, 0.3) is 10.9 Å². The van der Waals surface area contributed by atoms with E-state index < -0.39 is 0 Å². The second-order valence-corrected chi connectivity index (χ2v) is 8.90. The number of benzene rings is 2. The predicted octanol–water partition coefficient (Wildman–Crippen LogP) is 6.66. The molecule has 0 spiro atoms. The lowest BCUT2D eigenvalue weighted by Crippen LogP contribution is -2.31. The number of hydrogen-bond donors (Lipinski definition) is 1. The number of piperidine rings is 1. The van der Waals surface area contributed by atoms with Crippen LogP contribution in [0.5, 0.6) is 0 Å². The Bertz CT molecular complexity index is 1100. The maximum Gasteiger partial charge on any atom is 0.256 e. The van der Waals surface area contributed by atoms with Crippen molar-refractivity contribution < 1.29 is 4.79 Å². The lowest BCUT2D eigenvalue weighted by Gasteiger charge is -2.30. The summed E-state index contributed by atoms with van der Waals surface area (Å²) in [5.74, 6) is 0.627. The highest BCUT2D eigenvalue weighted by atomic mass is 79.9. The third kappa shape index (κ3) is 4.23. The van der Waals surface area contributed by atoms with Crippen LogP contribution in [-0.2, 0) is 0 Å². The first kappa shape index (κ1) is 20.5. The minimum absolute atomic E-state index is 0.244. The highest BCUT2D eigenvalue weighted by Gasteiger charge is 2.23. The van der Waals surface area contributed by atoms with Gasteiger partial charge in [0.2, 0.25) is 0 Å². The minimum Gasteiger partial charge on any atom is -0.356 e. The fourth-order valence-electron chi connectivity index (χ4n) is 3.74. The molecule has 2 heterocycles. The fraction of sp³-hybridized carbons (Fsp3) is 0.273. The first-order chi connectivity index (χ1) is 13.9. The second-order valence-electron chi connectivity index (χ2n) is 7.14. The van der Waals surface area contributed by atoms with Gasteiger partial charge in [0.15, 0.2) is 0 Å². The summed E-state index contributed by atoms with van der Waals surface area (Å²) in [6, 6.07) is 11.9. The average molecular weight is 492 g/mol. The van der Waals surface area contributed by atoms with Gasteiger partial charge in [-0.25, -0.2) is 4.98 Å². The van der Waals surface area contributed by atoms with Crippen molar-refractivity contribution in [3.8, 4) is 0 Å². The van der Waals surface area contributed by atoms with Gasteiger partial charge in [0.1, 0.15) is 5.82 Å². The van der Waals surface area contributed by atoms with Gasteiger partial charge in [0.25, 0.3) is 5.91 Å². The topological polar surface area (TPSA) is 45.2 Å². The molecule has 0 bridgehead atoms. The Kier molecular flexibility index (Phi) is 6.00. The van der Waals surface area contributed by atoms with E-state index in [1.807, 2.05) is 25.1 Å². The molecule has 149 valence electrons. The number of carbonyl (C=O) groups is 1. The van der Waals surface area contributed by atoms with Crippen LogP contribution < -0.4 is 10.2 Å². The largest absolute Gasteiger partial charge is 0.356 e. The molecule has 0 unspecified atom stereocenters. The maximum atomic E-state index is 13.3.